The van der Waals surface area contributed by atoms with Crippen molar-refractivity contribution >= 4 is 28.8 Å². The SMILES string of the molecule is Clc1cccc(Nc2cn[nH]c2N2CCOCC2)c1. The molecule has 0 atom stereocenters. The van der Waals surface area contributed by atoms with Gasteiger partial charge in [-0.2, -0.15) is 5.10 Å². The molecule has 0 unspecified atom stereocenters. The molecule has 1 aromatic heterocycles. The highest BCUT2D eigenvalue weighted by Gasteiger charge is 2.16. The zero-order valence-electron chi connectivity index (χ0n) is 10.4. The summed E-state index contributed by atoms with van der Waals surface area (Å²) in [6, 6.07) is 7.63. The second-order valence-electron chi connectivity index (χ2n) is 4.37. The van der Waals surface area contributed by atoms with Gasteiger partial charge in [0.05, 0.1) is 19.4 Å². The Labute approximate surface area is 116 Å². The molecule has 0 amide bonds. The van der Waals surface area contributed by atoms with Gasteiger partial charge in [-0.15, -0.1) is 0 Å². The van der Waals surface area contributed by atoms with Crippen molar-refractivity contribution in [2.24, 2.45) is 0 Å². The second kappa shape index (κ2) is 5.50. The molecule has 5 nitrogen and oxygen atoms in total. The van der Waals surface area contributed by atoms with Gasteiger partial charge in [-0.05, 0) is 18.2 Å². The highest BCUT2D eigenvalue weighted by atomic mass is 35.5. The molecule has 19 heavy (non-hydrogen) atoms. The van der Waals surface area contributed by atoms with Crippen LogP contribution >= 0.6 is 11.6 Å². The fourth-order valence-corrected chi connectivity index (χ4v) is 2.31. The van der Waals surface area contributed by atoms with Crippen LogP contribution in [0.1, 0.15) is 0 Å². The number of anilines is 3. The summed E-state index contributed by atoms with van der Waals surface area (Å²) in [5, 5.41) is 11.2. The molecular weight excluding hydrogens is 264 g/mol. The quantitative estimate of drug-likeness (QED) is 0.906. The highest BCUT2D eigenvalue weighted by Crippen LogP contribution is 2.27. The van der Waals surface area contributed by atoms with Crippen molar-refractivity contribution in [1.82, 2.24) is 10.2 Å². The molecule has 1 aliphatic heterocycles. The number of nitrogens with one attached hydrogen (secondary N) is 2. The Kier molecular flexibility index (Phi) is 3.57. The summed E-state index contributed by atoms with van der Waals surface area (Å²) in [6.45, 7) is 3.23. The van der Waals surface area contributed by atoms with Crippen LogP contribution < -0.4 is 10.2 Å². The number of hydrogen-bond acceptors (Lipinski definition) is 4. The van der Waals surface area contributed by atoms with Crippen molar-refractivity contribution in [1.29, 1.82) is 0 Å². The summed E-state index contributed by atoms with van der Waals surface area (Å²) in [4.78, 5) is 2.23. The molecule has 2 heterocycles. The van der Waals surface area contributed by atoms with Crippen molar-refractivity contribution in [2.75, 3.05) is 36.5 Å². The van der Waals surface area contributed by atoms with Crippen LogP contribution in [0.4, 0.5) is 17.2 Å². The first-order chi connectivity index (χ1) is 9.33. The van der Waals surface area contributed by atoms with Gasteiger partial charge < -0.3 is 15.0 Å². The first kappa shape index (κ1) is 12.3. The highest BCUT2D eigenvalue weighted by molar-refractivity contribution is 6.30. The number of ether oxygens (including phenoxy) is 1. The van der Waals surface area contributed by atoms with E-state index < -0.39 is 0 Å². The zero-order valence-corrected chi connectivity index (χ0v) is 11.2. The van der Waals surface area contributed by atoms with Crippen LogP contribution in [0.3, 0.4) is 0 Å². The molecule has 6 heteroatoms. The van der Waals surface area contributed by atoms with Crippen LogP contribution in [-0.2, 0) is 4.74 Å². The van der Waals surface area contributed by atoms with Gasteiger partial charge in [0, 0.05) is 23.8 Å². The number of halogens is 1. The lowest BCUT2D eigenvalue weighted by molar-refractivity contribution is 0.122. The number of morpholine rings is 1. The van der Waals surface area contributed by atoms with Crippen molar-refractivity contribution < 1.29 is 4.74 Å². The summed E-state index contributed by atoms with van der Waals surface area (Å²) in [7, 11) is 0. The van der Waals surface area contributed by atoms with E-state index in [1.807, 2.05) is 24.3 Å². The average molecular weight is 279 g/mol. The smallest absolute Gasteiger partial charge is 0.148 e. The van der Waals surface area contributed by atoms with Crippen molar-refractivity contribution in [3.63, 3.8) is 0 Å². The van der Waals surface area contributed by atoms with Crippen LogP contribution in [0.2, 0.25) is 5.02 Å². The molecule has 100 valence electrons. The van der Waals surface area contributed by atoms with Crippen LogP contribution in [0.25, 0.3) is 0 Å². The molecule has 3 rings (SSSR count). The molecule has 0 spiro atoms. The number of hydrogen-bond donors (Lipinski definition) is 2. The molecule has 2 N–H and O–H groups in total. The number of rotatable bonds is 3. The van der Waals surface area contributed by atoms with Crippen LogP contribution in [0, 0.1) is 0 Å². The number of benzene rings is 1. The Balaban J connectivity index is 1.80. The minimum Gasteiger partial charge on any atom is -0.378 e. The predicted octanol–water partition coefficient (Wildman–Crippen LogP) is 2.64. The molecule has 0 saturated carbocycles. The molecule has 1 aliphatic rings. The summed E-state index contributed by atoms with van der Waals surface area (Å²) >= 11 is 5.98. The van der Waals surface area contributed by atoms with E-state index in [0.717, 1.165) is 43.5 Å². The van der Waals surface area contributed by atoms with E-state index in [1.165, 1.54) is 0 Å². The zero-order chi connectivity index (χ0) is 13.1. The average Bonchev–Trinajstić information content (AvgIpc) is 2.88. The van der Waals surface area contributed by atoms with Gasteiger partial charge in [-0.3, -0.25) is 5.10 Å². The molecule has 0 aliphatic carbocycles. The van der Waals surface area contributed by atoms with Crippen molar-refractivity contribution in [2.45, 2.75) is 0 Å². The van der Waals surface area contributed by atoms with Gasteiger partial charge in [0.2, 0.25) is 0 Å². The Morgan fingerprint density at radius 2 is 2.16 bits per heavy atom. The Bertz CT molecular complexity index is 551. The Morgan fingerprint density at radius 3 is 2.95 bits per heavy atom. The lowest BCUT2D eigenvalue weighted by Crippen LogP contribution is -2.36. The number of H-pyrrole nitrogens is 1. The maximum absolute atomic E-state index is 5.98. The lowest BCUT2D eigenvalue weighted by Gasteiger charge is -2.28. The fraction of sp³-hybridized carbons (Fsp3) is 0.308. The van der Waals surface area contributed by atoms with E-state index in [2.05, 4.69) is 20.4 Å². The van der Waals surface area contributed by atoms with E-state index in [9.17, 15) is 0 Å². The largest absolute Gasteiger partial charge is 0.378 e. The lowest BCUT2D eigenvalue weighted by atomic mass is 10.3. The van der Waals surface area contributed by atoms with Crippen molar-refractivity contribution in [3.8, 4) is 0 Å². The normalized spacial score (nSPS) is 15.5. The first-order valence-electron chi connectivity index (χ1n) is 6.21. The van der Waals surface area contributed by atoms with E-state index in [1.54, 1.807) is 6.20 Å². The van der Waals surface area contributed by atoms with Gasteiger partial charge in [-0.25, -0.2) is 0 Å². The van der Waals surface area contributed by atoms with E-state index in [-0.39, 0.29) is 0 Å². The summed E-state index contributed by atoms with van der Waals surface area (Å²) in [5.41, 5.74) is 1.90. The maximum atomic E-state index is 5.98. The van der Waals surface area contributed by atoms with Crippen LogP contribution in [0.5, 0.6) is 0 Å². The van der Waals surface area contributed by atoms with Gasteiger partial charge in [0.25, 0.3) is 0 Å². The minimum absolute atomic E-state index is 0.710. The third-order valence-electron chi connectivity index (χ3n) is 3.05. The molecular formula is C13H15ClN4O. The summed E-state index contributed by atoms with van der Waals surface area (Å²) in [5.74, 6) is 0.989. The molecule has 0 radical (unpaired) electrons. The van der Waals surface area contributed by atoms with Gasteiger partial charge in [0.15, 0.2) is 0 Å². The number of aromatic nitrogens is 2. The topological polar surface area (TPSA) is 53.2 Å². The van der Waals surface area contributed by atoms with Crippen LogP contribution in [-0.4, -0.2) is 36.5 Å². The summed E-state index contributed by atoms with van der Waals surface area (Å²) in [6.07, 6.45) is 1.78. The summed E-state index contributed by atoms with van der Waals surface area (Å²) < 4.78 is 5.36. The van der Waals surface area contributed by atoms with Gasteiger partial charge in [0.1, 0.15) is 11.5 Å². The van der Waals surface area contributed by atoms with E-state index >= 15 is 0 Å². The minimum atomic E-state index is 0.710. The Morgan fingerprint density at radius 1 is 1.32 bits per heavy atom. The molecule has 0 bridgehead atoms. The first-order valence-corrected chi connectivity index (χ1v) is 6.59. The molecule has 2 aromatic rings. The van der Waals surface area contributed by atoms with Gasteiger partial charge in [-0.1, -0.05) is 17.7 Å². The number of aromatic amines is 1. The maximum Gasteiger partial charge on any atom is 0.148 e. The predicted molar refractivity (Wildman–Crippen MR) is 76.4 cm³/mol. The van der Waals surface area contributed by atoms with Crippen LogP contribution in [0.15, 0.2) is 30.5 Å². The standard InChI is InChI=1S/C13H15ClN4O/c14-10-2-1-3-11(8-10)16-12-9-15-17-13(12)18-4-6-19-7-5-18/h1-3,8-9,16H,4-7H2,(H,15,17). The van der Waals surface area contributed by atoms with Crippen molar-refractivity contribution in [3.05, 3.63) is 35.5 Å². The number of nitrogens with zero attached hydrogens (tertiary/aromatic N) is 2. The molecule has 1 saturated heterocycles. The fourth-order valence-electron chi connectivity index (χ4n) is 2.12. The second-order valence-corrected chi connectivity index (χ2v) is 4.80. The third-order valence-corrected chi connectivity index (χ3v) is 3.29. The van der Waals surface area contributed by atoms with Gasteiger partial charge >= 0.3 is 0 Å². The third kappa shape index (κ3) is 2.83. The molecule has 1 aromatic carbocycles. The monoisotopic (exact) mass is 278 g/mol. The Hall–Kier alpha value is -1.72. The van der Waals surface area contributed by atoms with E-state index in [4.69, 9.17) is 16.3 Å². The van der Waals surface area contributed by atoms with E-state index in [0.29, 0.717) is 5.02 Å². The molecule has 1 fully saturated rings.